The number of carbonyl (C=O) groups is 1. The van der Waals surface area contributed by atoms with Gasteiger partial charge in [-0.1, -0.05) is 29.8 Å². The number of sulfonamides is 1. The lowest BCUT2D eigenvalue weighted by molar-refractivity contribution is -0.146. The van der Waals surface area contributed by atoms with Gasteiger partial charge in [0.15, 0.2) is 5.03 Å². The van der Waals surface area contributed by atoms with Crippen molar-refractivity contribution in [3.05, 3.63) is 47.2 Å². The van der Waals surface area contributed by atoms with E-state index in [2.05, 4.69) is 5.10 Å². The van der Waals surface area contributed by atoms with Gasteiger partial charge in [-0.05, 0) is 32.8 Å². The molecule has 1 aliphatic rings. The highest BCUT2D eigenvalue weighted by Crippen LogP contribution is 2.42. The number of aliphatic carboxylic acids is 1. The average molecular weight is 377 g/mol. The van der Waals surface area contributed by atoms with Crippen LogP contribution in [-0.4, -0.2) is 45.7 Å². The van der Waals surface area contributed by atoms with E-state index >= 15 is 0 Å². The Bertz CT molecular complexity index is 930. The van der Waals surface area contributed by atoms with Gasteiger partial charge in [-0.25, -0.2) is 8.42 Å². The molecule has 8 heteroatoms. The Labute approximate surface area is 153 Å². The van der Waals surface area contributed by atoms with E-state index in [0.29, 0.717) is 5.56 Å². The molecule has 0 aliphatic carbocycles. The van der Waals surface area contributed by atoms with E-state index in [-0.39, 0.29) is 23.9 Å². The third-order valence-corrected chi connectivity index (χ3v) is 7.39. The lowest BCUT2D eigenvalue weighted by Crippen LogP contribution is -2.51. The lowest BCUT2D eigenvalue weighted by Gasteiger charge is -2.30. The van der Waals surface area contributed by atoms with Crippen molar-refractivity contribution in [3.8, 4) is 0 Å². The second kappa shape index (κ2) is 6.21. The lowest BCUT2D eigenvalue weighted by atomic mass is 9.90. The quantitative estimate of drug-likeness (QED) is 0.880. The fraction of sp³-hybridized carbons (Fsp3) is 0.444. The Balaban J connectivity index is 2.07. The highest BCUT2D eigenvalue weighted by Gasteiger charge is 2.54. The Morgan fingerprint density at radius 2 is 1.88 bits per heavy atom. The minimum absolute atomic E-state index is 0.0366. The van der Waals surface area contributed by atoms with E-state index in [9.17, 15) is 18.3 Å². The van der Waals surface area contributed by atoms with Gasteiger partial charge >= 0.3 is 5.97 Å². The molecule has 140 valence electrons. The summed E-state index contributed by atoms with van der Waals surface area (Å²) in [5, 5.41) is 13.9. The maximum Gasteiger partial charge on any atom is 0.324 e. The first-order valence-electron chi connectivity index (χ1n) is 8.39. The number of benzene rings is 1. The smallest absolute Gasteiger partial charge is 0.324 e. The summed E-state index contributed by atoms with van der Waals surface area (Å²) < 4.78 is 29.0. The molecule has 0 radical (unpaired) electrons. The minimum Gasteiger partial charge on any atom is -0.480 e. The Morgan fingerprint density at radius 1 is 1.27 bits per heavy atom. The van der Waals surface area contributed by atoms with Crippen molar-refractivity contribution in [1.82, 2.24) is 14.1 Å². The largest absolute Gasteiger partial charge is 0.480 e. The van der Waals surface area contributed by atoms with Gasteiger partial charge < -0.3 is 5.11 Å². The topological polar surface area (TPSA) is 92.5 Å². The molecule has 2 aromatic rings. The molecular weight excluding hydrogens is 354 g/mol. The molecule has 1 N–H and O–H groups in total. The van der Waals surface area contributed by atoms with Crippen LogP contribution in [0.15, 0.2) is 35.5 Å². The Kier molecular flexibility index (Phi) is 4.44. The van der Waals surface area contributed by atoms with Gasteiger partial charge in [0, 0.05) is 25.1 Å². The minimum atomic E-state index is -4.01. The number of carboxylic acids is 1. The van der Waals surface area contributed by atoms with E-state index in [1.165, 1.54) is 17.8 Å². The highest BCUT2D eigenvalue weighted by molar-refractivity contribution is 7.89. The molecule has 1 saturated heterocycles. The number of hydrogen-bond donors (Lipinski definition) is 1. The molecule has 3 rings (SSSR count). The zero-order valence-corrected chi connectivity index (χ0v) is 16.1. The second-order valence-corrected chi connectivity index (χ2v) is 8.96. The van der Waals surface area contributed by atoms with Crippen LogP contribution in [0.5, 0.6) is 0 Å². The van der Waals surface area contributed by atoms with Crippen LogP contribution in [0, 0.1) is 13.8 Å². The van der Waals surface area contributed by atoms with Gasteiger partial charge in [-0.2, -0.15) is 9.40 Å². The van der Waals surface area contributed by atoms with Crippen LogP contribution >= 0.6 is 0 Å². The van der Waals surface area contributed by atoms with E-state index in [1.54, 1.807) is 14.0 Å². The summed E-state index contributed by atoms with van der Waals surface area (Å²) >= 11 is 0. The highest BCUT2D eigenvalue weighted by atomic mass is 32.2. The standard InChI is InChI=1S/C18H23N3O4S/c1-12-5-7-14(8-6-12)15-9-18(3,17(22)23)21(11-15)26(24,25)16-13(2)10-19-20(16)4/h5-8,10,15H,9,11H2,1-4H3,(H,22,23). The normalized spacial score (nSPS) is 24.1. The third kappa shape index (κ3) is 2.83. The summed E-state index contributed by atoms with van der Waals surface area (Å²) in [6.45, 7) is 5.23. The van der Waals surface area contributed by atoms with E-state index in [0.717, 1.165) is 15.4 Å². The van der Waals surface area contributed by atoms with Gasteiger partial charge in [0.2, 0.25) is 0 Å². The third-order valence-electron chi connectivity index (χ3n) is 5.18. The number of carboxylic acid groups (broad SMARTS) is 1. The number of aromatic nitrogens is 2. The first-order chi connectivity index (χ1) is 12.1. The van der Waals surface area contributed by atoms with Crippen molar-refractivity contribution in [2.24, 2.45) is 7.05 Å². The molecule has 26 heavy (non-hydrogen) atoms. The average Bonchev–Trinajstić information content (AvgIpc) is 3.10. The molecule has 1 aromatic heterocycles. The molecule has 0 saturated carbocycles. The van der Waals surface area contributed by atoms with Crippen molar-refractivity contribution in [2.45, 2.75) is 43.7 Å². The van der Waals surface area contributed by atoms with E-state index < -0.39 is 21.5 Å². The monoisotopic (exact) mass is 377 g/mol. The van der Waals surface area contributed by atoms with E-state index in [4.69, 9.17) is 0 Å². The summed E-state index contributed by atoms with van der Waals surface area (Å²) in [6.07, 6.45) is 1.69. The zero-order chi connectivity index (χ0) is 19.3. The number of aryl methyl sites for hydroxylation is 3. The first-order valence-corrected chi connectivity index (χ1v) is 9.83. The Hall–Kier alpha value is -2.19. The fourth-order valence-electron chi connectivity index (χ4n) is 3.68. The molecule has 2 unspecified atom stereocenters. The van der Waals surface area contributed by atoms with Crippen LogP contribution < -0.4 is 0 Å². The second-order valence-electron chi connectivity index (χ2n) is 7.18. The Morgan fingerprint density at radius 3 is 2.38 bits per heavy atom. The van der Waals surface area contributed by atoms with Crippen molar-refractivity contribution in [3.63, 3.8) is 0 Å². The molecule has 7 nitrogen and oxygen atoms in total. The summed E-state index contributed by atoms with van der Waals surface area (Å²) in [5.74, 6) is -1.32. The summed E-state index contributed by atoms with van der Waals surface area (Å²) in [4.78, 5) is 12.0. The van der Waals surface area contributed by atoms with Crippen molar-refractivity contribution in [1.29, 1.82) is 0 Å². The van der Waals surface area contributed by atoms with Crippen LogP contribution in [0.1, 0.15) is 36.0 Å². The van der Waals surface area contributed by atoms with Crippen LogP contribution in [0.25, 0.3) is 0 Å². The number of rotatable bonds is 4. The van der Waals surface area contributed by atoms with Crippen molar-refractivity contribution < 1.29 is 18.3 Å². The maximum absolute atomic E-state index is 13.3. The predicted octanol–water partition coefficient (Wildman–Crippen LogP) is 2.06. The number of hydrogen-bond acceptors (Lipinski definition) is 4. The molecule has 0 spiro atoms. The number of nitrogens with zero attached hydrogens (tertiary/aromatic N) is 3. The van der Waals surface area contributed by atoms with E-state index in [1.807, 2.05) is 31.2 Å². The molecule has 1 aliphatic heterocycles. The molecule has 1 aromatic carbocycles. The molecule has 0 bridgehead atoms. The van der Waals surface area contributed by atoms with Crippen LogP contribution in [0.3, 0.4) is 0 Å². The van der Waals surface area contributed by atoms with Crippen LogP contribution in [0.2, 0.25) is 0 Å². The van der Waals surface area contributed by atoms with Crippen molar-refractivity contribution in [2.75, 3.05) is 6.54 Å². The molecule has 0 amide bonds. The molecule has 2 heterocycles. The van der Waals surface area contributed by atoms with Crippen LogP contribution in [-0.2, 0) is 21.9 Å². The van der Waals surface area contributed by atoms with Gasteiger partial charge in [-0.3, -0.25) is 9.48 Å². The van der Waals surface area contributed by atoms with Gasteiger partial charge in [0.25, 0.3) is 10.0 Å². The summed E-state index contributed by atoms with van der Waals surface area (Å²) in [5.41, 5.74) is 1.04. The fourth-order valence-corrected chi connectivity index (χ4v) is 5.79. The van der Waals surface area contributed by atoms with Crippen LogP contribution in [0.4, 0.5) is 0 Å². The maximum atomic E-state index is 13.3. The first kappa shape index (κ1) is 18.6. The van der Waals surface area contributed by atoms with Gasteiger partial charge in [0.1, 0.15) is 5.54 Å². The SMILES string of the molecule is Cc1ccc(C2CN(S(=O)(=O)c3c(C)cnn3C)C(C)(C(=O)O)C2)cc1. The van der Waals surface area contributed by atoms with Gasteiger partial charge in [0.05, 0.1) is 6.20 Å². The van der Waals surface area contributed by atoms with Crippen molar-refractivity contribution >= 4 is 16.0 Å². The van der Waals surface area contributed by atoms with Gasteiger partial charge in [-0.15, -0.1) is 0 Å². The summed E-state index contributed by atoms with van der Waals surface area (Å²) in [6, 6.07) is 7.78. The zero-order valence-electron chi connectivity index (χ0n) is 15.3. The summed E-state index contributed by atoms with van der Waals surface area (Å²) in [7, 11) is -2.46. The molecule has 2 atom stereocenters. The molecular formula is C18H23N3O4S. The molecule has 1 fully saturated rings. The predicted molar refractivity (Wildman–Crippen MR) is 96.4 cm³/mol.